The number of rotatable bonds is 1. The molecule has 3 aromatic rings. The number of aromatic amines is 1. The van der Waals surface area contributed by atoms with Crippen molar-refractivity contribution in [3.05, 3.63) is 65.4 Å². The van der Waals surface area contributed by atoms with Gasteiger partial charge in [0.05, 0.1) is 5.56 Å². The number of imidazole rings is 1. The van der Waals surface area contributed by atoms with E-state index in [0.717, 1.165) is 11.0 Å². The van der Waals surface area contributed by atoms with E-state index in [1.165, 1.54) is 0 Å². The minimum Gasteiger partial charge on any atom is -0.243 e. The fourth-order valence-corrected chi connectivity index (χ4v) is 2.03. The molecule has 0 fully saturated rings. The lowest BCUT2D eigenvalue weighted by molar-refractivity contribution is -0.345. The fourth-order valence-electron chi connectivity index (χ4n) is 1.91. The second-order valence-electron chi connectivity index (χ2n) is 3.97. The monoisotopic (exact) mass is 257 g/mol. The van der Waals surface area contributed by atoms with Gasteiger partial charge in [-0.2, -0.15) is 4.57 Å². The second-order valence-corrected chi connectivity index (χ2v) is 4.41. The van der Waals surface area contributed by atoms with Crippen LogP contribution in [0.2, 0.25) is 5.02 Å². The number of hydrogen-bond donors (Lipinski definition) is 0. The number of fused-ring (bicyclic) bond motifs is 1. The zero-order chi connectivity index (χ0) is 12.5. The van der Waals surface area contributed by atoms with Crippen LogP contribution < -0.4 is 4.98 Å². The number of para-hydroxylation sites is 2. The first-order chi connectivity index (χ1) is 8.75. The number of H-pyrrole nitrogens is 1. The molecule has 1 aromatic heterocycles. The number of nitrogens with zero attached hydrogens (tertiary/aromatic N) is 1. The lowest BCUT2D eigenvalue weighted by atomic mass is 10.2. The van der Waals surface area contributed by atoms with Crippen LogP contribution in [0.3, 0.4) is 0 Å². The van der Waals surface area contributed by atoms with Crippen molar-refractivity contribution in [1.82, 2.24) is 4.57 Å². The van der Waals surface area contributed by atoms with Gasteiger partial charge in [-0.1, -0.05) is 23.7 Å². The normalized spacial score (nSPS) is 10.7. The van der Waals surface area contributed by atoms with Gasteiger partial charge in [-0.05, 0) is 36.4 Å². The van der Waals surface area contributed by atoms with Gasteiger partial charge < -0.3 is 0 Å². The maximum atomic E-state index is 12.3. The fraction of sp³-hybridized carbons (Fsp3) is 0. The number of carbonyl (C=O) groups is 1. The highest BCUT2D eigenvalue weighted by molar-refractivity contribution is 6.30. The van der Waals surface area contributed by atoms with Crippen LogP contribution in [0, 0.1) is 0 Å². The Kier molecular flexibility index (Phi) is 2.61. The summed E-state index contributed by atoms with van der Waals surface area (Å²) in [5, 5.41) is 0.621. The number of carbonyl (C=O) groups excluding carboxylic acids is 1. The van der Waals surface area contributed by atoms with Crippen LogP contribution in [0.15, 0.2) is 54.9 Å². The first-order valence-electron chi connectivity index (χ1n) is 5.54. The van der Waals surface area contributed by atoms with E-state index in [4.69, 9.17) is 11.6 Å². The molecule has 0 aliphatic carbocycles. The molecule has 0 unspecified atom stereocenters. The molecule has 2 aromatic carbocycles. The summed E-state index contributed by atoms with van der Waals surface area (Å²) >= 11 is 5.81. The SMILES string of the molecule is O=C(c1ccc(Cl)cc1)n1c[nH+]c2ccccc21. The summed E-state index contributed by atoms with van der Waals surface area (Å²) < 4.78 is 1.60. The molecule has 3 rings (SSSR count). The number of aromatic nitrogens is 2. The summed E-state index contributed by atoms with van der Waals surface area (Å²) in [5.74, 6) is -0.0795. The summed E-state index contributed by atoms with van der Waals surface area (Å²) in [6.07, 6.45) is 1.67. The zero-order valence-corrected chi connectivity index (χ0v) is 10.2. The Morgan fingerprint density at radius 1 is 1.06 bits per heavy atom. The topological polar surface area (TPSA) is 36.1 Å². The van der Waals surface area contributed by atoms with E-state index >= 15 is 0 Å². The molecule has 0 aliphatic heterocycles. The lowest BCUT2D eigenvalue weighted by Crippen LogP contribution is -2.11. The van der Waals surface area contributed by atoms with Crippen molar-refractivity contribution in [2.75, 3.05) is 0 Å². The van der Waals surface area contributed by atoms with Crippen molar-refractivity contribution >= 4 is 28.5 Å². The van der Waals surface area contributed by atoms with Gasteiger partial charge in [0.15, 0.2) is 11.0 Å². The molecule has 1 heterocycles. The van der Waals surface area contributed by atoms with Crippen molar-refractivity contribution in [3.63, 3.8) is 0 Å². The number of nitrogens with one attached hydrogen (secondary N) is 1. The Labute approximate surface area is 109 Å². The Morgan fingerprint density at radius 2 is 1.78 bits per heavy atom. The third-order valence-electron chi connectivity index (χ3n) is 2.82. The maximum absolute atomic E-state index is 12.3. The van der Waals surface area contributed by atoms with E-state index in [9.17, 15) is 4.79 Å². The van der Waals surface area contributed by atoms with Crippen LogP contribution in [-0.2, 0) is 0 Å². The van der Waals surface area contributed by atoms with Crippen molar-refractivity contribution < 1.29 is 9.78 Å². The molecule has 4 heteroatoms. The molecule has 88 valence electrons. The van der Waals surface area contributed by atoms with Crippen LogP contribution in [-0.4, -0.2) is 10.5 Å². The van der Waals surface area contributed by atoms with Gasteiger partial charge in [0.1, 0.15) is 0 Å². The zero-order valence-electron chi connectivity index (χ0n) is 9.43. The molecule has 0 saturated heterocycles. The Bertz CT molecular complexity index is 716. The molecule has 3 nitrogen and oxygen atoms in total. The molecular weight excluding hydrogens is 248 g/mol. The van der Waals surface area contributed by atoms with Crippen molar-refractivity contribution in [2.24, 2.45) is 0 Å². The van der Waals surface area contributed by atoms with E-state index in [-0.39, 0.29) is 5.91 Å². The van der Waals surface area contributed by atoms with Gasteiger partial charge in [-0.15, -0.1) is 0 Å². The Balaban J connectivity index is 2.09. The van der Waals surface area contributed by atoms with Gasteiger partial charge in [0, 0.05) is 5.02 Å². The molecule has 0 aliphatic rings. The molecule has 0 spiro atoms. The Morgan fingerprint density at radius 3 is 2.56 bits per heavy atom. The van der Waals surface area contributed by atoms with Gasteiger partial charge in [-0.25, -0.2) is 9.78 Å². The average Bonchev–Trinajstić information content (AvgIpc) is 2.82. The van der Waals surface area contributed by atoms with Gasteiger partial charge in [0.2, 0.25) is 6.33 Å². The van der Waals surface area contributed by atoms with E-state index in [2.05, 4.69) is 4.98 Å². The average molecular weight is 258 g/mol. The number of hydrogen-bond acceptors (Lipinski definition) is 1. The Hall–Kier alpha value is -2.13. The van der Waals surface area contributed by atoms with Crippen LogP contribution in [0.4, 0.5) is 0 Å². The van der Waals surface area contributed by atoms with Gasteiger partial charge in [0.25, 0.3) is 0 Å². The largest absolute Gasteiger partial charge is 0.346 e. The quantitative estimate of drug-likeness (QED) is 0.660. The highest BCUT2D eigenvalue weighted by Crippen LogP contribution is 2.14. The van der Waals surface area contributed by atoms with Crippen LogP contribution in [0.25, 0.3) is 11.0 Å². The van der Waals surface area contributed by atoms with Crippen molar-refractivity contribution in [1.29, 1.82) is 0 Å². The molecule has 18 heavy (non-hydrogen) atoms. The third-order valence-corrected chi connectivity index (χ3v) is 3.07. The standard InChI is InChI=1S/C14H9ClN2O/c15-11-7-5-10(6-8-11)14(18)17-9-16-12-3-1-2-4-13(12)17/h1-9H/p+1. The summed E-state index contributed by atoms with van der Waals surface area (Å²) in [4.78, 5) is 15.4. The van der Waals surface area contributed by atoms with E-state index < -0.39 is 0 Å². The minimum absolute atomic E-state index is 0.0795. The summed E-state index contributed by atoms with van der Waals surface area (Å²) in [7, 11) is 0. The van der Waals surface area contributed by atoms with E-state index in [1.807, 2.05) is 24.3 Å². The van der Waals surface area contributed by atoms with Crippen molar-refractivity contribution in [3.8, 4) is 0 Å². The molecule has 0 atom stereocenters. The lowest BCUT2D eigenvalue weighted by Gasteiger charge is -1.97. The van der Waals surface area contributed by atoms with Gasteiger partial charge in [-0.3, -0.25) is 0 Å². The highest BCUT2D eigenvalue weighted by Gasteiger charge is 2.18. The number of benzene rings is 2. The summed E-state index contributed by atoms with van der Waals surface area (Å²) in [6.45, 7) is 0. The number of halogens is 1. The summed E-state index contributed by atoms with van der Waals surface area (Å²) in [6, 6.07) is 14.5. The van der Waals surface area contributed by atoms with E-state index in [1.54, 1.807) is 35.2 Å². The molecule has 0 saturated carbocycles. The summed E-state index contributed by atoms with van der Waals surface area (Å²) in [5.41, 5.74) is 2.39. The molecule has 0 bridgehead atoms. The first-order valence-corrected chi connectivity index (χ1v) is 5.91. The predicted octanol–water partition coefficient (Wildman–Crippen LogP) is 2.80. The maximum Gasteiger partial charge on any atom is 0.346 e. The third kappa shape index (κ3) is 1.79. The second kappa shape index (κ2) is 4.27. The van der Waals surface area contributed by atoms with Crippen LogP contribution in [0.1, 0.15) is 10.4 Å². The van der Waals surface area contributed by atoms with E-state index in [0.29, 0.717) is 10.6 Å². The predicted molar refractivity (Wildman–Crippen MR) is 69.7 cm³/mol. The smallest absolute Gasteiger partial charge is 0.243 e. The molecule has 1 N–H and O–H groups in total. The van der Waals surface area contributed by atoms with Crippen LogP contribution >= 0.6 is 11.6 Å². The molecular formula is C14H10ClN2O+. The molecule has 0 radical (unpaired) electrons. The molecule has 0 amide bonds. The van der Waals surface area contributed by atoms with Crippen molar-refractivity contribution in [2.45, 2.75) is 0 Å². The van der Waals surface area contributed by atoms with Crippen LogP contribution in [0.5, 0.6) is 0 Å². The van der Waals surface area contributed by atoms with Gasteiger partial charge >= 0.3 is 5.91 Å². The highest BCUT2D eigenvalue weighted by atomic mass is 35.5. The minimum atomic E-state index is -0.0795. The first kappa shape index (κ1) is 11.0.